The second kappa shape index (κ2) is 7.12. The van der Waals surface area contributed by atoms with E-state index in [4.69, 9.17) is 5.73 Å². The zero-order valence-electron chi connectivity index (χ0n) is 18.4. The van der Waals surface area contributed by atoms with Crippen molar-refractivity contribution in [1.82, 2.24) is 9.88 Å². The number of benzene rings is 1. The van der Waals surface area contributed by atoms with Crippen LogP contribution in [0.4, 0.5) is 0 Å². The number of amides is 1. The molecule has 34 heavy (non-hydrogen) atoms. The van der Waals surface area contributed by atoms with Crippen molar-refractivity contribution in [3.05, 3.63) is 52.4 Å². The lowest BCUT2D eigenvalue weighted by Crippen LogP contribution is -2.65. The van der Waals surface area contributed by atoms with Gasteiger partial charge in [0.1, 0.15) is 22.6 Å². The van der Waals surface area contributed by atoms with Gasteiger partial charge in [-0.2, -0.15) is 0 Å². The van der Waals surface area contributed by atoms with Crippen LogP contribution in [-0.2, 0) is 20.8 Å². The van der Waals surface area contributed by atoms with Crippen LogP contribution in [0.3, 0.4) is 0 Å². The van der Waals surface area contributed by atoms with Crippen molar-refractivity contribution in [2.45, 2.75) is 24.5 Å². The molecular formula is C24H23N3O7. The molecule has 10 heteroatoms. The topological polar surface area (TPSA) is 174 Å². The van der Waals surface area contributed by atoms with Crippen LogP contribution >= 0.6 is 0 Å². The second-order valence-electron chi connectivity index (χ2n) is 9.30. The normalized spacial score (nSPS) is 28.8. The molecule has 0 spiro atoms. The lowest BCUT2D eigenvalue weighted by molar-refractivity contribution is -0.153. The minimum atomic E-state index is -2.64. The minimum absolute atomic E-state index is 0.0301. The fourth-order valence-electron chi connectivity index (χ4n) is 5.84. The molecule has 6 N–H and O–H groups in total. The van der Waals surface area contributed by atoms with Crippen molar-refractivity contribution in [2.24, 2.45) is 17.6 Å². The average molecular weight is 465 g/mol. The van der Waals surface area contributed by atoms with Crippen LogP contribution in [0.15, 0.2) is 41.3 Å². The lowest BCUT2D eigenvalue weighted by Gasteiger charge is -2.50. The van der Waals surface area contributed by atoms with E-state index in [9.17, 15) is 34.8 Å². The number of nitrogens with two attached hydrogens (primary N) is 1. The van der Waals surface area contributed by atoms with Gasteiger partial charge in [-0.15, -0.1) is 0 Å². The van der Waals surface area contributed by atoms with Crippen LogP contribution in [0.2, 0.25) is 0 Å². The van der Waals surface area contributed by atoms with E-state index >= 15 is 0 Å². The minimum Gasteiger partial charge on any atom is -0.508 e. The van der Waals surface area contributed by atoms with Crippen molar-refractivity contribution in [2.75, 3.05) is 14.1 Å². The Bertz CT molecular complexity index is 1380. The van der Waals surface area contributed by atoms with E-state index in [1.54, 1.807) is 32.3 Å². The summed E-state index contributed by atoms with van der Waals surface area (Å²) in [5.41, 5.74) is 2.51. The highest BCUT2D eigenvalue weighted by Crippen LogP contribution is 2.53. The number of carbonyl (C=O) groups excluding carboxylic acids is 3. The number of carbonyl (C=O) groups is 3. The number of fused-ring (bicyclic) bond motifs is 4. The van der Waals surface area contributed by atoms with Crippen molar-refractivity contribution in [3.63, 3.8) is 0 Å². The molecule has 5 rings (SSSR count). The smallest absolute Gasteiger partial charge is 0.255 e. The molecule has 1 saturated carbocycles. The number of nitrogens with zero attached hydrogens (tertiary/aromatic N) is 2. The van der Waals surface area contributed by atoms with E-state index in [-0.39, 0.29) is 35.2 Å². The number of likely N-dealkylation sites (N-methyl/N-ethyl adjacent to an activating group) is 1. The van der Waals surface area contributed by atoms with Gasteiger partial charge in [-0.05, 0) is 50.6 Å². The first-order valence-electron chi connectivity index (χ1n) is 10.7. The zero-order chi connectivity index (χ0) is 24.7. The van der Waals surface area contributed by atoms with Crippen molar-refractivity contribution in [3.8, 4) is 5.75 Å². The summed E-state index contributed by atoms with van der Waals surface area (Å²) in [5, 5.41) is 45.0. The van der Waals surface area contributed by atoms with Gasteiger partial charge in [-0.1, -0.05) is 6.07 Å². The second-order valence-corrected chi connectivity index (χ2v) is 9.30. The van der Waals surface area contributed by atoms with Gasteiger partial charge < -0.3 is 26.2 Å². The number of aromatic nitrogens is 1. The highest BCUT2D eigenvalue weighted by atomic mass is 16.3. The van der Waals surface area contributed by atoms with E-state index in [1.807, 2.05) is 0 Å². The maximum absolute atomic E-state index is 13.7. The van der Waals surface area contributed by atoms with Gasteiger partial charge in [0.2, 0.25) is 5.78 Å². The number of primary amides is 1. The number of hydrogen-bond donors (Lipinski definition) is 5. The average Bonchev–Trinajstić information content (AvgIpc) is 2.76. The first-order valence-corrected chi connectivity index (χ1v) is 10.7. The Hall–Kier alpha value is -3.76. The quantitative estimate of drug-likeness (QED) is 0.396. The molecule has 0 aliphatic heterocycles. The molecule has 1 aromatic carbocycles. The molecule has 3 aliphatic carbocycles. The molecule has 1 heterocycles. The van der Waals surface area contributed by atoms with Crippen LogP contribution < -0.4 is 5.73 Å². The number of Topliss-reactive ketones (excluding diaryl/α,β-unsaturated/α-hetero) is 2. The molecule has 2 aromatic rings. The van der Waals surface area contributed by atoms with Crippen LogP contribution in [0.5, 0.6) is 5.75 Å². The predicted molar refractivity (Wildman–Crippen MR) is 120 cm³/mol. The fourth-order valence-corrected chi connectivity index (χ4v) is 5.84. The van der Waals surface area contributed by atoms with Gasteiger partial charge in [0, 0.05) is 23.1 Å². The Kier molecular flexibility index (Phi) is 4.62. The van der Waals surface area contributed by atoms with E-state index in [0.717, 1.165) is 0 Å². The first-order chi connectivity index (χ1) is 16.0. The molecular weight excluding hydrogens is 442 g/mol. The number of phenols is 1. The molecule has 0 saturated heterocycles. The maximum Gasteiger partial charge on any atom is 0.255 e. The summed E-state index contributed by atoms with van der Waals surface area (Å²) in [6, 6.07) is 4.14. The summed E-state index contributed by atoms with van der Waals surface area (Å²) in [4.78, 5) is 44.4. The van der Waals surface area contributed by atoms with Crippen LogP contribution in [0.1, 0.15) is 17.5 Å². The van der Waals surface area contributed by atoms with E-state index < -0.39 is 58.0 Å². The van der Waals surface area contributed by atoms with Gasteiger partial charge in [-0.3, -0.25) is 24.3 Å². The number of ketones is 2. The number of hydrogen-bond acceptors (Lipinski definition) is 9. The third-order valence-corrected chi connectivity index (χ3v) is 7.28. The number of pyridine rings is 1. The molecule has 0 bridgehead atoms. The summed E-state index contributed by atoms with van der Waals surface area (Å²) in [6.07, 6.45) is 1.78. The number of rotatable bonds is 2. The number of aromatic hydroxyl groups is 1. The lowest BCUT2D eigenvalue weighted by atomic mass is 9.57. The zero-order valence-corrected chi connectivity index (χ0v) is 18.4. The summed E-state index contributed by atoms with van der Waals surface area (Å²) in [5.74, 6) is -6.71. The van der Waals surface area contributed by atoms with Gasteiger partial charge >= 0.3 is 0 Å². The van der Waals surface area contributed by atoms with Gasteiger partial charge in [0.15, 0.2) is 17.1 Å². The predicted octanol–water partition coefficient (Wildman–Crippen LogP) is 0.512. The molecule has 0 radical (unpaired) electrons. The summed E-state index contributed by atoms with van der Waals surface area (Å²) < 4.78 is 0. The standard InChI is InChI=1S/C24H23N3O7/c1-27(2)17-12-8-11-7-10-6-9-4-3-5-26-16(9)19(29)13(10)18(28)14(11)21(31)24(12,34)22(32)15(20(17)30)23(25)33/h3-6,11-12,17,28-29,32,34H,7-8H2,1-2H3,(H2,25,33)/t11-,12?,17-,24-/m0/s1. The molecule has 1 fully saturated rings. The number of phenolic OH excluding ortho intramolecular Hbond substituents is 1. The summed E-state index contributed by atoms with van der Waals surface area (Å²) in [6.45, 7) is 0. The van der Waals surface area contributed by atoms with Crippen molar-refractivity contribution >= 4 is 34.1 Å². The van der Waals surface area contributed by atoms with Crippen molar-refractivity contribution < 1.29 is 34.8 Å². The Balaban J connectivity index is 1.76. The molecule has 1 unspecified atom stereocenters. The Morgan fingerprint density at radius 1 is 1.24 bits per heavy atom. The SMILES string of the molecule is CN(C)[C@@H]1C(=O)C(C(N)=O)=C(O)[C@@]2(O)C(=O)C3=C(O)c4c(cc5cccnc5c4O)C[C@H]3CC12. The number of aliphatic hydroxyl groups excluding tert-OH is 2. The Morgan fingerprint density at radius 3 is 2.59 bits per heavy atom. The number of aliphatic hydroxyl groups is 3. The van der Waals surface area contributed by atoms with Gasteiger partial charge in [-0.25, -0.2) is 0 Å². The molecule has 3 aliphatic rings. The van der Waals surface area contributed by atoms with Gasteiger partial charge in [0.05, 0.1) is 11.6 Å². The monoisotopic (exact) mass is 465 g/mol. The molecule has 1 aromatic heterocycles. The van der Waals surface area contributed by atoms with E-state index in [0.29, 0.717) is 10.9 Å². The third kappa shape index (κ3) is 2.63. The van der Waals surface area contributed by atoms with E-state index in [2.05, 4.69) is 4.98 Å². The molecule has 4 atom stereocenters. The van der Waals surface area contributed by atoms with Crippen LogP contribution in [0.25, 0.3) is 16.7 Å². The maximum atomic E-state index is 13.7. The molecule has 176 valence electrons. The van der Waals surface area contributed by atoms with Crippen LogP contribution in [0, 0.1) is 11.8 Å². The Morgan fingerprint density at radius 2 is 1.94 bits per heavy atom. The summed E-state index contributed by atoms with van der Waals surface area (Å²) in [7, 11) is 3.12. The third-order valence-electron chi connectivity index (χ3n) is 7.28. The van der Waals surface area contributed by atoms with Gasteiger partial charge in [0.25, 0.3) is 5.91 Å². The van der Waals surface area contributed by atoms with Crippen molar-refractivity contribution in [1.29, 1.82) is 0 Å². The van der Waals surface area contributed by atoms with E-state index in [1.165, 1.54) is 11.1 Å². The highest BCUT2D eigenvalue weighted by molar-refractivity contribution is 6.24. The fraction of sp³-hybridized carbons (Fsp3) is 0.333. The largest absolute Gasteiger partial charge is 0.508 e. The highest BCUT2D eigenvalue weighted by Gasteiger charge is 2.64. The molecule has 1 amide bonds. The van der Waals surface area contributed by atoms with Crippen LogP contribution in [-0.4, -0.2) is 73.5 Å². The Labute approximate surface area is 193 Å². The summed E-state index contributed by atoms with van der Waals surface area (Å²) >= 11 is 0. The first kappa shape index (κ1) is 22.1. The molecule has 10 nitrogen and oxygen atoms in total.